The van der Waals surface area contributed by atoms with E-state index in [0.717, 1.165) is 13.1 Å². The second-order valence-corrected chi connectivity index (χ2v) is 6.84. The van der Waals surface area contributed by atoms with Crippen molar-refractivity contribution in [3.8, 4) is 11.4 Å². The fourth-order valence-corrected chi connectivity index (χ4v) is 4.05. The molecule has 0 aromatic carbocycles. The van der Waals surface area contributed by atoms with E-state index >= 15 is 0 Å². The third-order valence-corrected chi connectivity index (χ3v) is 5.34. The molecule has 1 atom stereocenters. The van der Waals surface area contributed by atoms with E-state index in [9.17, 15) is 0 Å². The third kappa shape index (κ3) is 2.62. The molecule has 128 valence electrons. The highest BCUT2D eigenvalue weighted by atomic mass is 16.5. The second-order valence-electron chi connectivity index (χ2n) is 6.84. The van der Waals surface area contributed by atoms with Crippen molar-refractivity contribution in [1.82, 2.24) is 24.8 Å². The maximum absolute atomic E-state index is 6.28. The number of fused-ring (bicyclic) bond motifs is 2. The van der Waals surface area contributed by atoms with Gasteiger partial charge in [-0.2, -0.15) is 0 Å². The van der Waals surface area contributed by atoms with Crippen molar-refractivity contribution in [2.24, 2.45) is 10.9 Å². The Balaban J connectivity index is 1.32. The lowest BCUT2D eigenvalue weighted by atomic mass is 9.75. The summed E-state index contributed by atoms with van der Waals surface area (Å²) in [7, 11) is 0. The molecule has 0 amide bonds. The van der Waals surface area contributed by atoms with Gasteiger partial charge in [0.05, 0.1) is 18.4 Å². The van der Waals surface area contributed by atoms with Crippen LogP contribution < -0.4 is 5.32 Å². The molecule has 25 heavy (non-hydrogen) atoms. The van der Waals surface area contributed by atoms with E-state index in [4.69, 9.17) is 4.74 Å². The highest BCUT2D eigenvalue weighted by Crippen LogP contribution is 2.40. The van der Waals surface area contributed by atoms with Crippen molar-refractivity contribution < 1.29 is 4.74 Å². The lowest BCUT2D eigenvalue weighted by Gasteiger charge is -2.50. The molecule has 8 heteroatoms. The van der Waals surface area contributed by atoms with Gasteiger partial charge in [-0.15, -0.1) is 0 Å². The summed E-state index contributed by atoms with van der Waals surface area (Å²) in [5, 5.41) is 3.19. The Morgan fingerprint density at radius 2 is 2.04 bits per heavy atom. The van der Waals surface area contributed by atoms with Gasteiger partial charge in [-0.3, -0.25) is 20.2 Å². The molecule has 1 spiro atoms. The van der Waals surface area contributed by atoms with Gasteiger partial charge in [0.1, 0.15) is 23.4 Å². The van der Waals surface area contributed by atoms with Crippen LogP contribution in [0.4, 0.5) is 5.82 Å². The van der Waals surface area contributed by atoms with Crippen LogP contribution in [-0.4, -0.2) is 62.6 Å². The first-order valence-corrected chi connectivity index (χ1v) is 8.62. The predicted molar refractivity (Wildman–Crippen MR) is 92.0 cm³/mol. The van der Waals surface area contributed by atoms with E-state index in [0.29, 0.717) is 29.1 Å². The quantitative estimate of drug-likeness (QED) is 0.880. The normalized spacial score (nSPS) is 30.2. The van der Waals surface area contributed by atoms with Crippen LogP contribution in [-0.2, 0) is 4.74 Å². The Bertz CT molecular complexity index is 804. The van der Waals surface area contributed by atoms with E-state index in [-0.39, 0.29) is 5.60 Å². The number of aromatic nitrogens is 4. The number of ether oxygens (including phenoxy) is 1. The van der Waals surface area contributed by atoms with Crippen LogP contribution >= 0.6 is 0 Å². The molecule has 1 N–H and O–H groups in total. The number of hydrogen-bond acceptors (Lipinski definition) is 8. The lowest BCUT2D eigenvalue weighted by Crippen LogP contribution is -2.61. The Morgan fingerprint density at radius 1 is 1.12 bits per heavy atom. The van der Waals surface area contributed by atoms with Gasteiger partial charge in [-0.05, 0) is 25.9 Å². The summed E-state index contributed by atoms with van der Waals surface area (Å²) in [6.07, 6.45) is 8.87. The van der Waals surface area contributed by atoms with E-state index in [2.05, 4.69) is 35.1 Å². The summed E-state index contributed by atoms with van der Waals surface area (Å²) >= 11 is 0. The zero-order valence-electron chi connectivity index (χ0n) is 13.8. The van der Waals surface area contributed by atoms with Crippen molar-refractivity contribution >= 4 is 11.8 Å². The number of rotatable bonds is 2. The zero-order valence-corrected chi connectivity index (χ0v) is 13.8. The van der Waals surface area contributed by atoms with Crippen molar-refractivity contribution in [3.05, 3.63) is 31.0 Å². The number of aliphatic imine (C=N–C) groups is 1. The summed E-state index contributed by atoms with van der Waals surface area (Å²) in [5.41, 5.74) is 1.26. The molecule has 0 aliphatic carbocycles. The van der Waals surface area contributed by atoms with E-state index < -0.39 is 0 Å². The van der Waals surface area contributed by atoms with Crippen LogP contribution in [0.2, 0.25) is 0 Å². The Morgan fingerprint density at radius 3 is 2.80 bits per heavy atom. The largest absolute Gasteiger partial charge is 0.455 e. The van der Waals surface area contributed by atoms with Gasteiger partial charge in [0, 0.05) is 30.9 Å². The van der Waals surface area contributed by atoms with Gasteiger partial charge >= 0.3 is 0 Å². The SMILES string of the molecule is c1cnc(-c2cc(NC3=NC[C@@]4(CN5CCC4CC5)O3)ncn2)cn1. The molecule has 4 aliphatic rings. The molecular weight excluding hydrogens is 318 g/mol. The molecule has 2 aromatic heterocycles. The van der Waals surface area contributed by atoms with Crippen LogP contribution in [0.15, 0.2) is 36.0 Å². The van der Waals surface area contributed by atoms with Gasteiger partial charge < -0.3 is 4.74 Å². The minimum atomic E-state index is -0.153. The molecule has 2 bridgehead atoms. The maximum atomic E-state index is 6.28. The first kappa shape index (κ1) is 14.7. The van der Waals surface area contributed by atoms with Gasteiger partial charge in [-0.25, -0.2) is 15.0 Å². The van der Waals surface area contributed by atoms with Crippen molar-refractivity contribution in [2.45, 2.75) is 18.4 Å². The number of hydrogen-bond donors (Lipinski definition) is 1. The predicted octanol–water partition coefficient (Wildman–Crippen LogP) is 1.20. The third-order valence-electron chi connectivity index (χ3n) is 5.34. The van der Waals surface area contributed by atoms with E-state index in [1.807, 2.05) is 6.07 Å². The molecule has 0 unspecified atom stereocenters. The summed E-state index contributed by atoms with van der Waals surface area (Å²) < 4.78 is 6.28. The van der Waals surface area contributed by atoms with Gasteiger partial charge in [0.25, 0.3) is 6.02 Å². The minimum Gasteiger partial charge on any atom is -0.455 e. The molecule has 8 nitrogen and oxygen atoms in total. The number of amidine groups is 1. The topological polar surface area (TPSA) is 88.4 Å². The molecular formula is C17H19N7O. The number of piperidine rings is 3. The molecule has 3 saturated heterocycles. The molecule has 4 aliphatic heterocycles. The standard InChI is InChI=1S/C17H19N7O/c1-5-24-6-2-12(1)17(10-24)9-20-16(25-17)23-15-7-13(21-11-22-15)14-8-18-3-4-19-14/h3-4,7-8,11-12H,1-2,5-6,9-10H2,(H,20,21,22,23)/t17-/m0/s1. The van der Waals surface area contributed by atoms with Crippen molar-refractivity contribution in [1.29, 1.82) is 0 Å². The van der Waals surface area contributed by atoms with Gasteiger partial charge in [-0.1, -0.05) is 0 Å². The molecule has 0 saturated carbocycles. The summed E-state index contributed by atoms with van der Waals surface area (Å²) in [6, 6.07) is 2.38. The van der Waals surface area contributed by atoms with Crippen LogP contribution in [0, 0.1) is 5.92 Å². The van der Waals surface area contributed by atoms with Gasteiger partial charge in [0.2, 0.25) is 0 Å². The number of nitrogens with one attached hydrogen (secondary N) is 1. The smallest absolute Gasteiger partial charge is 0.291 e. The van der Waals surface area contributed by atoms with E-state index in [1.54, 1.807) is 18.6 Å². The molecule has 6 heterocycles. The molecule has 3 fully saturated rings. The fourth-order valence-electron chi connectivity index (χ4n) is 4.05. The highest BCUT2D eigenvalue weighted by Gasteiger charge is 2.51. The number of anilines is 1. The first-order chi connectivity index (χ1) is 12.3. The molecule has 2 aromatic rings. The van der Waals surface area contributed by atoms with Gasteiger partial charge in [0.15, 0.2) is 0 Å². The zero-order chi connectivity index (χ0) is 16.7. The summed E-state index contributed by atoms with van der Waals surface area (Å²) in [6.45, 7) is 4.07. The number of nitrogens with zero attached hydrogens (tertiary/aromatic N) is 6. The lowest BCUT2D eigenvalue weighted by molar-refractivity contribution is -0.0829. The maximum Gasteiger partial charge on any atom is 0.291 e. The van der Waals surface area contributed by atoms with Crippen molar-refractivity contribution in [2.75, 3.05) is 31.5 Å². The summed E-state index contributed by atoms with van der Waals surface area (Å²) in [4.78, 5) is 23.9. The molecule has 0 radical (unpaired) electrons. The van der Waals surface area contributed by atoms with Crippen molar-refractivity contribution in [3.63, 3.8) is 0 Å². The first-order valence-electron chi connectivity index (χ1n) is 8.62. The Kier molecular flexibility index (Phi) is 3.37. The highest BCUT2D eigenvalue weighted by molar-refractivity contribution is 5.90. The average molecular weight is 337 g/mol. The monoisotopic (exact) mass is 337 g/mol. The van der Waals surface area contributed by atoms with Crippen LogP contribution in [0.5, 0.6) is 0 Å². The Labute approximate surface area is 145 Å². The van der Waals surface area contributed by atoms with Crippen LogP contribution in [0.3, 0.4) is 0 Å². The fraction of sp³-hybridized carbons (Fsp3) is 0.471. The second kappa shape index (κ2) is 5.73. The average Bonchev–Trinajstić information content (AvgIpc) is 3.05. The van der Waals surface area contributed by atoms with E-state index in [1.165, 1.54) is 32.3 Å². The van der Waals surface area contributed by atoms with Crippen LogP contribution in [0.25, 0.3) is 11.4 Å². The van der Waals surface area contributed by atoms with Crippen LogP contribution in [0.1, 0.15) is 12.8 Å². The summed E-state index contributed by atoms with van der Waals surface area (Å²) in [5.74, 6) is 1.24. The minimum absolute atomic E-state index is 0.153. The molecule has 6 rings (SSSR count). The Hall–Kier alpha value is -2.61.